The maximum absolute atomic E-state index is 15.2. The van der Waals surface area contributed by atoms with Crippen LogP contribution in [0.2, 0.25) is 0 Å². The Hall–Kier alpha value is -5.28. The lowest BCUT2D eigenvalue weighted by Crippen LogP contribution is -2.58. The number of rotatable bonds is 9. The molecule has 0 unspecified atom stereocenters. The van der Waals surface area contributed by atoms with Crippen LogP contribution in [0.1, 0.15) is 82.9 Å². The Morgan fingerprint density at radius 3 is 2.56 bits per heavy atom. The third-order valence-electron chi connectivity index (χ3n) is 13.1. The number of sulfonamides is 1. The van der Waals surface area contributed by atoms with Crippen molar-refractivity contribution in [3.05, 3.63) is 83.9 Å². The van der Waals surface area contributed by atoms with Gasteiger partial charge < -0.3 is 25.0 Å². The molecule has 320 valence electrons. The van der Waals surface area contributed by atoms with Crippen molar-refractivity contribution < 1.29 is 32.3 Å². The minimum Gasteiger partial charge on any atom is -0.496 e. The molecule has 4 heterocycles. The van der Waals surface area contributed by atoms with E-state index < -0.39 is 56.7 Å². The van der Waals surface area contributed by atoms with Crippen LogP contribution in [0.4, 0.5) is 5.13 Å². The van der Waals surface area contributed by atoms with Crippen molar-refractivity contribution in [1.82, 2.24) is 24.9 Å². The van der Waals surface area contributed by atoms with E-state index in [4.69, 9.17) is 19.4 Å². The van der Waals surface area contributed by atoms with E-state index >= 15 is 4.79 Å². The Balaban J connectivity index is 1.13. The molecule has 5 atom stereocenters. The summed E-state index contributed by atoms with van der Waals surface area (Å²) in [6.07, 6.45) is 10.7. The number of fused-ring (bicyclic) bond motifs is 5. The van der Waals surface area contributed by atoms with Crippen molar-refractivity contribution in [3.8, 4) is 22.8 Å². The summed E-state index contributed by atoms with van der Waals surface area (Å²) < 4.78 is 40.9. The second-order valence-electron chi connectivity index (χ2n) is 17.8. The van der Waals surface area contributed by atoms with Crippen LogP contribution < -0.4 is 24.8 Å². The first-order valence-corrected chi connectivity index (χ1v) is 23.7. The molecular formula is C46H52N6O7S2. The number of hydrogen-bond acceptors (Lipinski definition) is 11. The summed E-state index contributed by atoms with van der Waals surface area (Å²) in [6, 6.07) is 13.9. The maximum Gasteiger partial charge on any atom is 0.259 e. The molecule has 61 heavy (non-hydrogen) atoms. The molecule has 4 fully saturated rings. The van der Waals surface area contributed by atoms with E-state index in [-0.39, 0.29) is 36.6 Å². The Morgan fingerprint density at radius 2 is 1.85 bits per heavy atom. The molecule has 2 aliphatic heterocycles. The summed E-state index contributed by atoms with van der Waals surface area (Å²) in [5.41, 5.74) is 2.10. The van der Waals surface area contributed by atoms with E-state index in [9.17, 15) is 18.0 Å². The second kappa shape index (κ2) is 15.9. The predicted octanol–water partition coefficient (Wildman–Crippen LogP) is 6.75. The summed E-state index contributed by atoms with van der Waals surface area (Å²) >= 11 is 1.46. The van der Waals surface area contributed by atoms with Crippen molar-refractivity contribution in [3.63, 3.8) is 0 Å². The highest BCUT2D eigenvalue weighted by Crippen LogP contribution is 2.46. The van der Waals surface area contributed by atoms with Crippen molar-refractivity contribution in [2.45, 2.75) is 106 Å². The largest absolute Gasteiger partial charge is 0.496 e. The van der Waals surface area contributed by atoms with Gasteiger partial charge in [0.2, 0.25) is 21.8 Å². The molecule has 5 aliphatic rings. The molecule has 13 nitrogen and oxygen atoms in total. The first kappa shape index (κ1) is 41.1. The number of methoxy groups -OCH3 is 1. The highest BCUT2D eigenvalue weighted by atomic mass is 32.2. The third-order valence-corrected chi connectivity index (χ3v) is 15.7. The summed E-state index contributed by atoms with van der Waals surface area (Å²) in [5.74, 6) is -0.886. The van der Waals surface area contributed by atoms with Gasteiger partial charge in [0.25, 0.3) is 5.91 Å². The molecule has 4 aromatic rings. The van der Waals surface area contributed by atoms with Crippen LogP contribution in [-0.4, -0.2) is 83.6 Å². The molecule has 3 amide bonds. The Bertz CT molecular complexity index is 2530. The van der Waals surface area contributed by atoms with Crippen molar-refractivity contribution >= 4 is 61.2 Å². The first-order valence-electron chi connectivity index (χ1n) is 21.2. The number of carbonyl (C=O) groups excluding carboxylic acids is 3. The molecule has 0 spiro atoms. The number of nitrogens with one attached hydrogen (secondary N) is 3. The number of thiazole rings is 1. The van der Waals surface area contributed by atoms with E-state index in [0.29, 0.717) is 47.1 Å². The molecule has 2 aromatic heterocycles. The van der Waals surface area contributed by atoms with Gasteiger partial charge >= 0.3 is 0 Å². The molecule has 0 radical (unpaired) electrons. The van der Waals surface area contributed by atoms with Gasteiger partial charge in [-0.3, -0.25) is 19.1 Å². The van der Waals surface area contributed by atoms with E-state index in [1.807, 2.05) is 60.0 Å². The molecule has 3 saturated carbocycles. The van der Waals surface area contributed by atoms with Gasteiger partial charge in [-0.25, -0.2) is 18.4 Å². The zero-order valence-corrected chi connectivity index (χ0v) is 36.3. The maximum atomic E-state index is 15.2. The topological polar surface area (TPSA) is 169 Å². The van der Waals surface area contributed by atoms with Gasteiger partial charge in [0.1, 0.15) is 35.2 Å². The van der Waals surface area contributed by atoms with E-state index in [0.717, 1.165) is 47.9 Å². The standard InChI is InChI=1S/C46H52N6O7S2/c1-5-30-24-46(30,43(55)51-61(56,57)32-17-18-32)50-41(53)36-21-31-25-52(36)42(54)40(28-14-9-10-15-28)49-44-48-39(26-60-44)45(2,3)19-11-16-29-20-33-35(23-37(29)58-4)47-34(22-38(33)59-31)27-12-7-6-8-13-27/h5-8,11-13,16,20,22-23,26,28,30-32,36,40H,1,9-10,14-15,17-19,21,24-25H2,2-4H3,(H,48,49)(H,50,53)(H,51,55)/b16-11+/t30-,31-,36+,40+,46-/m1/s1. The van der Waals surface area contributed by atoms with E-state index in [1.165, 1.54) is 11.3 Å². The minimum absolute atomic E-state index is 0.00868. The molecule has 1 saturated heterocycles. The number of nitrogens with zero attached hydrogens (tertiary/aromatic N) is 3. The van der Waals surface area contributed by atoms with Crippen LogP contribution in [0.5, 0.6) is 11.5 Å². The number of allylic oxidation sites excluding steroid dienone is 1. The highest BCUT2D eigenvalue weighted by molar-refractivity contribution is 7.91. The normalized spacial score (nSPS) is 26.7. The number of benzene rings is 2. The fourth-order valence-electron chi connectivity index (χ4n) is 9.19. The average molecular weight is 865 g/mol. The molecule has 6 bridgehead atoms. The van der Waals surface area contributed by atoms with Gasteiger partial charge in [-0.05, 0) is 50.5 Å². The highest BCUT2D eigenvalue weighted by Gasteiger charge is 2.62. The zero-order valence-electron chi connectivity index (χ0n) is 34.7. The average Bonchev–Trinajstić information content (AvgIpc) is 4.01. The molecule has 9 rings (SSSR count). The van der Waals surface area contributed by atoms with Crippen molar-refractivity contribution in [1.29, 1.82) is 0 Å². The van der Waals surface area contributed by atoms with Gasteiger partial charge in [0.15, 0.2) is 5.13 Å². The van der Waals surface area contributed by atoms with Crippen LogP contribution in [0.15, 0.2) is 72.6 Å². The lowest BCUT2D eigenvalue weighted by Gasteiger charge is -2.32. The summed E-state index contributed by atoms with van der Waals surface area (Å²) in [4.78, 5) is 55.3. The van der Waals surface area contributed by atoms with Crippen molar-refractivity contribution in [2.75, 3.05) is 19.0 Å². The zero-order chi connectivity index (χ0) is 42.7. The van der Waals surface area contributed by atoms with Gasteiger partial charge in [-0.2, -0.15) is 0 Å². The lowest BCUT2D eigenvalue weighted by atomic mass is 9.86. The monoisotopic (exact) mass is 864 g/mol. The van der Waals surface area contributed by atoms with E-state index in [2.05, 4.69) is 41.9 Å². The number of carbonyl (C=O) groups is 3. The van der Waals surface area contributed by atoms with Gasteiger partial charge in [-0.1, -0.05) is 75.2 Å². The number of amides is 3. The summed E-state index contributed by atoms with van der Waals surface area (Å²) in [7, 11) is -2.25. The fourth-order valence-corrected chi connectivity index (χ4v) is 11.5. The second-order valence-corrected chi connectivity index (χ2v) is 20.7. The van der Waals surface area contributed by atoms with E-state index in [1.54, 1.807) is 18.1 Å². The van der Waals surface area contributed by atoms with Gasteiger partial charge in [-0.15, -0.1) is 17.9 Å². The Morgan fingerprint density at radius 1 is 1.08 bits per heavy atom. The number of pyridine rings is 1. The number of anilines is 1. The Labute approximate surface area is 360 Å². The Kier molecular flexibility index (Phi) is 10.7. The minimum atomic E-state index is -3.89. The van der Waals surface area contributed by atoms with Crippen LogP contribution >= 0.6 is 11.3 Å². The molecule has 2 aromatic carbocycles. The SMILES string of the molecule is C=C[C@@H]1C[C@]1(NC(=O)[C@@H]1C[C@@H]2CN1C(=O)[C@H](C1CCCC1)Nc1nc(cs1)C(C)(C)C/C=C/c1cc3c(cc(-c4ccccc4)nc3cc1OC)O2)C(=O)NS(=O)(=O)C1CC1. The number of aromatic nitrogens is 2. The van der Waals surface area contributed by atoms with Crippen LogP contribution in [0, 0.1) is 11.8 Å². The van der Waals surface area contributed by atoms with Crippen LogP contribution in [-0.2, 0) is 29.8 Å². The fraction of sp³-hybridized carbons (Fsp3) is 0.457. The smallest absolute Gasteiger partial charge is 0.259 e. The van der Waals surface area contributed by atoms with Gasteiger partial charge in [0.05, 0.1) is 35.8 Å². The van der Waals surface area contributed by atoms with Crippen LogP contribution in [0.25, 0.3) is 28.2 Å². The molecule has 3 aliphatic carbocycles. The van der Waals surface area contributed by atoms with Gasteiger partial charge in [0, 0.05) is 51.8 Å². The quantitative estimate of drug-likeness (QED) is 0.153. The third kappa shape index (κ3) is 8.02. The molecule has 3 N–H and O–H groups in total. The number of ether oxygens (including phenoxy) is 2. The molecular weight excluding hydrogens is 813 g/mol. The first-order chi connectivity index (χ1) is 29.3. The number of hydrogen-bond donors (Lipinski definition) is 3. The summed E-state index contributed by atoms with van der Waals surface area (Å²) in [5, 5.41) is 9.25. The van der Waals surface area contributed by atoms with Crippen LogP contribution in [0.3, 0.4) is 0 Å². The van der Waals surface area contributed by atoms with Crippen molar-refractivity contribution in [2.24, 2.45) is 11.8 Å². The molecule has 15 heteroatoms. The predicted molar refractivity (Wildman–Crippen MR) is 236 cm³/mol. The lowest BCUT2D eigenvalue weighted by molar-refractivity contribution is -0.141. The summed E-state index contributed by atoms with van der Waals surface area (Å²) in [6.45, 7) is 8.24.